The standard InChI is InChI=1S/C16H25N3O2/c1-21-15-9-5-4-8-14(15)19-16(20)18-11-13-7-3-2-6-12(13)10-17/h4-5,8-9,12-13H,2-3,6-7,10-11,17H2,1H3,(H2,18,19,20). The summed E-state index contributed by atoms with van der Waals surface area (Å²) in [6.45, 7) is 1.39. The van der Waals surface area contributed by atoms with Crippen LogP contribution in [-0.4, -0.2) is 26.2 Å². The topological polar surface area (TPSA) is 76.4 Å². The van der Waals surface area contributed by atoms with Crippen molar-refractivity contribution >= 4 is 11.7 Å². The number of amides is 2. The third kappa shape index (κ3) is 4.36. The first-order valence-electron chi connectivity index (χ1n) is 7.62. The number of anilines is 1. The summed E-state index contributed by atoms with van der Waals surface area (Å²) in [6.07, 6.45) is 4.82. The number of para-hydroxylation sites is 2. The summed E-state index contributed by atoms with van der Waals surface area (Å²) in [6, 6.07) is 7.18. The Bertz CT molecular complexity index is 465. The summed E-state index contributed by atoms with van der Waals surface area (Å²) in [5, 5.41) is 5.78. The molecule has 0 radical (unpaired) electrons. The zero-order chi connectivity index (χ0) is 15.1. The van der Waals surface area contributed by atoms with Gasteiger partial charge in [-0.05, 0) is 43.4 Å². The van der Waals surface area contributed by atoms with E-state index in [2.05, 4.69) is 10.6 Å². The minimum absolute atomic E-state index is 0.194. The molecule has 21 heavy (non-hydrogen) atoms. The Morgan fingerprint density at radius 1 is 1.29 bits per heavy atom. The zero-order valence-corrected chi connectivity index (χ0v) is 12.6. The summed E-state index contributed by atoms with van der Waals surface area (Å²) in [5.41, 5.74) is 6.49. The fraction of sp³-hybridized carbons (Fsp3) is 0.562. The molecule has 0 aromatic heterocycles. The maximum absolute atomic E-state index is 12.0. The lowest BCUT2D eigenvalue weighted by Crippen LogP contribution is -2.38. The number of rotatable bonds is 5. The molecule has 1 fully saturated rings. The van der Waals surface area contributed by atoms with Crippen LogP contribution in [0.2, 0.25) is 0 Å². The molecule has 1 aromatic carbocycles. The Balaban J connectivity index is 1.84. The highest BCUT2D eigenvalue weighted by Gasteiger charge is 2.24. The third-order valence-corrected chi connectivity index (χ3v) is 4.25. The normalized spacial score (nSPS) is 21.6. The molecule has 2 atom stereocenters. The second-order valence-electron chi connectivity index (χ2n) is 5.58. The van der Waals surface area contributed by atoms with Gasteiger partial charge in [-0.1, -0.05) is 25.0 Å². The van der Waals surface area contributed by atoms with E-state index in [4.69, 9.17) is 10.5 Å². The van der Waals surface area contributed by atoms with E-state index in [0.717, 1.165) is 6.42 Å². The van der Waals surface area contributed by atoms with Crippen LogP contribution in [0, 0.1) is 11.8 Å². The molecule has 1 aromatic rings. The van der Waals surface area contributed by atoms with Crippen molar-refractivity contribution in [3.8, 4) is 5.75 Å². The second-order valence-corrected chi connectivity index (χ2v) is 5.58. The van der Waals surface area contributed by atoms with Gasteiger partial charge in [-0.15, -0.1) is 0 Å². The van der Waals surface area contributed by atoms with Crippen LogP contribution in [0.15, 0.2) is 24.3 Å². The number of benzene rings is 1. The number of methoxy groups -OCH3 is 1. The predicted octanol–water partition coefficient (Wildman–Crippen LogP) is 2.58. The Kier molecular flexibility index (Phi) is 5.87. The van der Waals surface area contributed by atoms with Gasteiger partial charge < -0.3 is 21.1 Å². The highest BCUT2D eigenvalue weighted by Crippen LogP contribution is 2.28. The molecule has 2 unspecified atom stereocenters. The SMILES string of the molecule is COc1ccccc1NC(=O)NCC1CCCCC1CN. The first-order chi connectivity index (χ1) is 10.2. The molecule has 5 nitrogen and oxygen atoms in total. The van der Waals surface area contributed by atoms with Gasteiger partial charge in [0.1, 0.15) is 5.75 Å². The van der Waals surface area contributed by atoms with Crippen LogP contribution in [0.3, 0.4) is 0 Å². The molecule has 0 spiro atoms. The van der Waals surface area contributed by atoms with Gasteiger partial charge in [-0.2, -0.15) is 0 Å². The number of nitrogens with two attached hydrogens (primary N) is 1. The Morgan fingerprint density at radius 3 is 2.71 bits per heavy atom. The van der Waals surface area contributed by atoms with Gasteiger partial charge in [0.05, 0.1) is 12.8 Å². The highest BCUT2D eigenvalue weighted by atomic mass is 16.5. The van der Waals surface area contributed by atoms with Crippen molar-refractivity contribution in [3.05, 3.63) is 24.3 Å². The van der Waals surface area contributed by atoms with Crippen molar-refractivity contribution in [2.45, 2.75) is 25.7 Å². The molecular weight excluding hydrogens is 266 g/mol. The van der Waals surface area contributed by atoms with E-state index in [0.29, 0.717) is 36.4 Å². The van der Waals surface area contributed by atoms with Crippen LogP contribution < -0.4 is 21.1 Å². The lowest BCUT2D eigenvalue weighted by molar-refractivity contribution is 0.225. The van der Waals surface area contributed by atoms with Crippen LogP contribution in [0.25, 0.3) is 0 Å². The summed E-state index contributed by atoms with van der Waals surface area (Å²) < 4.78 is 5.22. The lowest BCUT2D eigenvalue weighted by Gasteiger charge is -2.30. The van der Waals surface area contributed by atoms with Crippen LogP contribution in [0.1, 0.15) is 25.7 Å². The Labute approximate surface area is 126 Å². The van der Waals surface area contributed by atoms with Crippen LogP contribution in [-0.2, 0) is 0 Å². The molecule has 0 bridgehead atoms. The number of ether oxygens (including phenoxy) is 1. The van der Waals surface area contributed by atoms with E-state index in [1.807, 2.05) is 24.3 Å². The summed E-state index contributed by atoms with van der Waals surface area (Å²) in [7, 11) is 1.59. The molecule has 5 heteroatoms. The van der Waals surface area contributed by atoms with Gasteiger partial charge in [-0.25, -0.2) is 4.79 Å². The van der Waals surface area contributed by atoms with E-state index in [-0.39, 0.29) is 6.03 Å². The minimum Gasteiger partial charge on any atom is -0.495 e. The number of hydrogen-bond acceptors (Lipinski definition) is 3. The number of nitrogens with one attached hydrogen (secondary N) is 2. The van der Waals surface area contributed by atoms with E-state index in [1.165, 1.54) is 19.3 Å². The van der Waals surface area contributed by atoms with E-state index in [1.54, 1.807) is 7.11 Å². The minimum atomic E-state index is -0.194. The highest BCUT2D eigenvalue weighted by molar-refractivity contribution is 5.90. The van der Waals surface area contributed by atoms with Gasteiger partial charge in [0.2, 0.25) is 0 Å². The second kappa shape index (κ2) is 7.88. The Morgan fingerprint density at radius 2 is 2.00 bits per heavy atom. The average molecular weight is 291 g/mol. The van der Waals surface area contributed by atoms with Crippen molar-refractivity contribution in [3.63, 3.8) is 0 Å². The lowest BCUT2D eigenvalue weighted by atomic mass is 9.79. The van der Waals surface area contributed by atoms with Crippen molar-refractivity contribution < 1.29 is 9.53 Å². The largest absolute Gasteiger partial charge is 0.495 e. The molecule has 4 N–H and O–H groups in total. The molecule has 1 aliphatic carbocycles. The van der Waals surface area contributed by atoms with E-state index >= 15 is 0 Å². The monoisotopic (exact) mass is 291 g/mol. The van der Waals surface area contributed by atoms with Gasteiger partial charge in [-0.3, -0.25) is 0 Å². The molecule has 2 amide bonds. The van der Waals surface area contributed by atoms with Crippen LogP contribution in [0.4, 0.5) is 10.5 Å². The first kappa shape index (κ1) is 15.6. The molecule has 0 heterocycles. The predicted molar refractivity (Wildman–Crippen MR) is 84.5 cm³/mol. The van der Waals surface area contributed by atoms with Gasteiger partial charge in [0.25, 0.3) is 0 Å². The van der Waals surface area contributed by atoms with Crippen molar-refractivity contribution in [1.29, 1.82) is 0 Å². The fourth-order valence-corrected chi connectivity index (χ4v) is 3.00. The molecule has 2 rings (SSSR count). The van der Waals surface area contributed by atoms with Gasteiger partial charge in [0.15, 0.2) is 0 Å². The van der Waals surface area contributed by atoms with Gasteiger partial charge >= 0.3 is 6.03 Å². The maximum Gasteiger partial charge on any atom is 0.319 e. The molecule has 1 saturated carbocycles. The maximum atomic E-state index is 12.0. The average Bonchev–Trinajstić information content (AvgIpc) is 2.53. The number of carbonyl (C=O) groups excluding carboxylic acids is 1. The first-order valence-corrected chi connectivity index (χ1v) is 7.62. The van der Waals surface area contributed by atoms with Crippen LogP contribution in [0.5, 0.6) is 5.75 Å². The molecule has 1 aliphatic rings. The molecule has 0 saturated heterocycles. The quantitative estimate of drug-likeness (QED) is 0.780. The van der Waals surface area contributed by atoms with Crippen LogP contribution >= 0.6 is 0 Å². The summed E-state index contributed by atoms with van der Waals surface area (Å²) in [5.74, 6) is 1.68. The third-order valence-electron chi connectivity index (χ3n) is 4.25. The number of urea groups is 1. The van der Waals surface area contributed by atoms with Gasteiger partial charge in [0, 0.05) is 6.54 Å². The smallest absolute Gasteiger partial charge is 0.319 e. The Hall–Kier alpha value is -1.75. The van der Waals surface area contributed by atoms with E-state index < -0.39 is 0 Å². The summed E-state index contributed by atoms with van der Waals surface area (Å²) in [4.78, 5) is 12.0. The molecule has 116 valence electrons. The molecular formula is C16H25N3O2. The summed E-state index contributed by atoms with van der Waals surface area (Å²) >= 11 is 0. The van der Waals surface area contributed by atoms with Crippen molar-refractivity contribution in [2.24, 2.45) is 17.6 Å². The number of carbonyl (C=O) groups is 1. The van der Waals surface area contributed by atoms with E-state index in [9.17, 15) is 4.79 Å². The van der Waals surface area contributed by atoms with Crippen molar-refractivity contribution in [1.82, 2.24) is 5.32 Å². The zero-order valence-electron chi connectivity index (χ0n) is 12.6. The molecule has 0 aliphatic heterocycles. The fourth-order valence-electron chi connectivity index (χ4n) is 3.00. The van der Waals surface area contributed by atoms with Crippen molar-refractivity contribution in [2.75, 3.05) is 25.5 Å². The number of hydrogen-bond donors (Lipinski definition) is 3.